The van der Waals surface area contributed by atoms with Gasteiger partial charge in [0.25, 0.3) is 0 Å². The minimum atomic E-state index is -0.426. The van der Waals surface area contributed by atoms with Crippen molar-refractivity contribution in [3.8, 4) is 0 Å². The molecule has 0 fully saturated rings. The molecule has 0 saturated carbocycles. The molecule has 0 radical (unpaired) electrons. The first-order valence-corrected chi connectivity index (χ1v) is 5.67. The summed E-state index contributed by atoms with van der Waals surface area (Å²) in [7, 11) is 0. The van der Waals surface area contributed by atoms with Crippen LogP contribution in [0.15, 0.2) is 42.6 Å². The Morgan fingerprint density at radius 1 is 1.29 bits per heavy atom. The first kappa shape index (κ1) is 11.9. The van der Waals surface area contributed by atoms with Crippen LogP contribution in [0.25, 0.3) is 0 Å². The fourth-order valence-corrected chi connectivity index (χ4v) is 1.66. The number of halogens is 2. The second-order valence-electron chi connectivity index (χ2n) is 3.75. The van der Waals surface area contributed by atoms with Crippen LogP contribution in [0.1, 0.15) is 18.7 Å². The third-order valence-corrected chi connectivity index (χ3v) is 2.74. The molecule has 2 rings (SSSR count). The van der Waals surface area contributed by atoms with Crippen molar-refractivity contribution >= 4 is 17.3 Å². The minimum Gasteiger partial charge on any atom is -0.377 e. The van der Waals surface area contributed by atoms with Gasteiger partial charge in [0.2, 0.25) is 0 Å². The summed E-state index contributed by atoms with van der Waals surface area (Å²) in [5.74, 6) is -0.426. The summed E-state index contributed by atoms with van der Waals surface area (Å²) in [6.07, 6.45) is 1.73. The Hall–Kier alpha value is -1.61. The van der Waals surface area contributed by atoms with Gasteiger partial charge >= 0.3 is 0 Å². The third kappa shape index (κ3) is 2.94. The van der Waals surface area contributed by atoms with Gasteiger partial charge in [0.1, 0.15) is 5.82 Å². The standard InChI is InChI=1S/C13H12ClFN2/c1-9(13-4-2-3-7-16-13)17-10-5-6-11(14)12(15)8-10/h2-9,17H,1H3. The summed E-state index contributed by atoms with van der Waals surface area (Å²) in [6.45, 7) is 1.97. The normalized spacial score (nSPS) is 12.2. The van der Waals surface area contributed by atoms with Crippen LogP contribution in [0.2, 0.25) is 5.02 Å². The first-order chi connectivity index (χ1) is 8.16. The van der Waals surface area contributed by atoms with Crippen molar-refractivity contribution in [2.45, 2.75) is 13.0 Å². The minimum absolute atomic E-state index is 0.0109. The molecule has 0 spiro atoms. The number of nitrogens with one attached hydrogen (secondary N) is 1. The molecule has 2 nitrogen and oxygen atoms in total. The third-order valence-electron chi connectivity index (χ3n) is 2.43. The molecule has 4 heteroatoms. The van der Waals surface area contributed by atoms with Crippen molar-refractivity contribution in [2.24, 2.45) is 0 Å². The van der Waals surface area contributed by atoms with Crippen LogP contribution < -0.4 is 5.32 Å². The predicted molar refractivity (Wildman–Crippen MR) is 67.7 cm³/mol. The molecule has 0 aliphatic heterocycles. The Bertz CT molecular complexity index is 502. The van der Waals surface area contributed by atoms with Crippen LogP contribution >= 0.6 is 11.6 Å². The molecule has 1 atom stereocenters. The second kappa shape index (κ2) is 5.15. The summed E-state index contributed by atoms with van der Waals surface area (Å²) >= 11 is 5.62. The molecule has 0 amide bonds. The van der Waals surface area contributed by atoms with E-state index < -0.39 is 5.82 Å². The molecule has 1 aromatic carbocycles. The average Bonchev–Trinajstić information content (AvgIpc) is 2.35. The first-order valence-electron chi connectivity index (χ1n) is 5.29. The van der Waals surface area contributed by atoms with E-state index >= 15 is 0 Å². The molecule has 0 saturated heterocycles. The van der Waals surface area contributed by atoms with E-state index in [1.54, 1.807) is 12.3 Å². The Morgan fingerprint density at radius 3 is 2.76 bits per heavy atom. The van der Waals surface area contributed by atoms with E-state index in [9.17, 15) is 4.39 Å². The maximum absolute atomic E-state index is 13.2. The molecule has 2 aromatic rings. The van der Waals surface area contributed by atoms with Crippen LogP contribution in [0.5, 0.6) is 0 Å². The van der Waals surface area contributed by atoms with E-state index in [4.69, 9.17) is 11.6 Å². The van der Waals surface area contributed by atoms with Crippen LogP contribution in [0.4, 0.5) is 10.1 Å². The van der Waals surface area contributed by atoms with Gasteiger partial charge in [-0.05, 0) is 37.3 Å². The topological polar surface area (TPSA) is 24.9 Å². The molecule has 1 heterocycles. The lowest BCUT2D eigenvalue weighted by atomic mass is 10.2. The number of hydrogen-bond acceptors (Lipinski definition) is 2. The van der Waals surface area contributed by atoms with Crippen molar-refractivity contribution in [3.63, 3.8) is 0 Å². The molecule has 88 valence electrons. The fourth-order valence-electron chi connectivity index (χ4n) is 1.54. The number of nitrogens with zero attached hydrogens (tertiary/aromatic N) is 1. The van der Waals surface area contributed by atoms with Gasteiger partial charge in [0.05, 0.1) is 16.8 Å². The highest BCUT2D eigenvalue weighted by molar-refractivity contribution is 6.30. The van der Waals surface area contributed by atoms with Gasteiger partial charge in [-0.1, -0.05) is 17.7 Å². The van der Waals surface area contributed by atoms with Gasteiger partial charge in [0, 0.05) is 11.9 Å². The zero-order chi connectivity index (χ0) is 12.3. The summed E-state index contributed by atoms with van der Waals surface area (Å²) in [5, 5.41) is 3.29. The monoisotopic (exact) mass is 250 g/mol. The Kier molecular flexibility index (Phi) is 3.59. The maximum atomic E-state index is 13.2. The number of aromatic nitrogens is 1. The molecule has 0 aliphatic carbocycles. The highest BCUT2D eigenvalue weighted by Crippen LogP contribution is 2.22. The molecular formula is C13H12ClFN2. The molecule has 1 N–H and O–H groups in total. The second-order valence-corrected chi connectivity index (χ2v) is 4.16. The van der Waals surface area contributed by atoms with Crippen molar-refractivity contribution in [1.82, 2.24) is 4.98 Å². The zero-order valence-corrected chi connectivity index (χ0v) is 10.1. The van der Waals surface area contributed by atoms with Crippen molar-refractivity contribution in [2.75, 3.05) is 5.32 Å². The largest absolute Gasteiger partial charge is 0.377 e. The molecular weight excluding hydrogens is 239 g/mol. The summed E-state index contributed by atoms with van der Waals surface area (Å²) in [4.78, 5) is 4.23. The van der Waals surface area contributed by atoms with Crippen LogP contribution in [0.3, 0.4) is 0 Å². The Morgan fingerprint density at radius 2 is 2.12 bits per heavy atom. The lowest BCUT2D eigenvalue weighted by Gasteiger charge is -2.14. The molecule has 0 aliphatic rings. The summed E-state index contributed by atoms with van der Waals surface area (Å²) < 4.78 is 13.2. The van der Waals surface area contributed by atoms with E-state index in [2.05, 4.69) is 10.3 Å². The zero-order valence-electron chi connectivity index (χ0n) is 9.32. The average molecular weight is 251 g/mol. The van der Waals surface area contributed by atoms with Crippen LogP contribution in [0, 0.1) is 5.82 Å². The van der Waals surface area contributed by atoms with E-state index in [1.165, 1.54) is 12.1 Å². The SMILES string of the molecule is CC(Nc1ccc(Cl)c(F)c1)c1ccccn1. The Balaban J connectivity index is 2.13. The summed E-state index contributed by atoms with van der Waals surface area (Å²) in [6, 6.07) is 10.4. The quantitative estimate of drug-likeness (QED) is 0.889. The van der Waals surface area contributed by atoms with E-state index in [1.807, 2.05) is 25.1 Å². The van der Waals surface area contributed by atoms with Gasteiger partial charge in [-0.2, -0.15) is 0 Å². The van der Waals surface area contributed by atoms with Gasteiger partial charge < -0.3 is 5.32 Å². The summed E-state index contributed by atoms with van der Waals surface area (Å²) in [5.41, 5.74) is 1.59. The van der Waals surface area contributed by atoms with E-state index in [0.29, 0.717) is 5.69 Å². The van der Waals surface area contributed by atoms with Crippen molar-refractivity contribution in [3.05, 3.63) is 59.1 Å². The highest BCUT2D eigenvalue weighted by atomic mass is 35.5. The lowest BCUT2D eigenvalue weighted by Crippen LogP contribution is -2.08. The highest BCUT2D eigenvalue weighted by Gasteiger charge is 2.07. The number of benzene rings is 1. The van der Waals surface area contributed by atoms with E-state index in [-0.39, 0.29) is 11.1 Å². The molecule has 1 unspecified atom stereocenters. The smallest absolute Gasteiger partial charge is 0.143 e. The van der Waals surface area contributed by atoms with Crippen molar-refractivity contribution < 1.29 is 4.39 Å². The molecule has 0 bridgehead atoms. The maximum Gasteiger partial charge on any atom is 0.143 e. The lowest BCUT2D eigenvalue weighted by molar-refractivity contribution is 0.628. The van der Waals surface area contributed by atoms with Gasteiger partial charge in [-0.3, -0.25) is 4.98 Å². The Labute approximate surface area is 104 Å². The molecule has 1 aromatic heterocycles. The van der Waals surface area contributed by atoms with E-state index in [0.717, 1.165) is 5.69 Å². The fraction of sp³-hybridized carbons (Fsp3) is 0.154. The molecule has 17 heavy (non-hydrogen) atoms. The van der Waals surface area contributed by atoms with Gasteiger partial charge in [0.15, 0.2) is 0 Å². The predicted octanol–water partition coefficient (Wildman–Crippen LogP) is 4.05. The van der Waals surface area contributed by atoms with Crippen LogP contribution in [-0.4, -0.2) is 4.98 Å². The van der Waals surface area contributed by atoms with Gasteiger partial charge in [-0.25, -0.2) is 4.39 Å². The number of pyridine rings is 1. The van der Waals surface area contributed by atoms with Crippen LogP contribution in [-0.2, 0) is 0 Å². The van der Waals surface area contributed by atoms with Crippen molar-refractivity contribution in [1.29, 1.82) is 0 Å². The number of hydrogen-bond donors (Lipinski definition) is 1. The number of rotatable bonds is 3. The van der Waals surface area contributed by atoms with Gasteiger partial charge in [-0.15, -0.1) is 0 Å². The number of anilines is 1.